The van der Waals surface area contributed by atoms with Crippen molar-refractivity contribution >= 4 is 27.3 Å². The van der Waals surface area contributed by atoms with Gasteiger partial charge in [-0.05, 0) is 43.2 Å². The van der Waals surface area contributed by atoms with Crippen molar-refractivity contribution in [2.75, 3.05) is 29.0 Å². The standard InChI is InChI=1S/C17H19N3O4S/c1-24-16-5-4-14(19-17(21)13-6-8-18-9-7-13)12-15(16)20-10-2-3-11-25(20,22)23/h4-9,12H,2-3,10-11H2,1H3,(H,19,21). The number of benzene rings is 1. The Morgan fingerprint density at radius 1 is 1.20 bits per heavy atom. The summed E-state index contributed by atoms with van der Waals surface area (Å²) in [5.41, 5.74) is 1.41. The highest BCUT2D eigenvalue weighted by Crippen LogP contribution is 2.35. The Bertz CT molecular complexity index is 869. The largest absolute Gasteiger partial charge is 0.495 e. The van der Waals surface area contributed by atoms with Crippen molar-refractivity contribution in [3.63, 3.8) is 0 Å². The van der Waals surface area contributed by atoms with Crippen LogP contribution in [0.1, 0.15) is 23.2 Å². The minimum Gasteiger partial charge on any atom is -0.495 e. The SMILES string of the molecule is COc1ccc(NC(=O)c2ccncc2)cc1N1CCCCS1(=O)=O. The maximum atomic E-state index is 12.4. The average Bonchev–Trinajstić information content (AvgIpc) is 2.62. The van der Waals surface area contributed by atoms with E-state index in [2.05, 4.69) is 10.3 Å². The van der Waals surface area contributed by atoms with Crippen molar-refractivity contribution in [2.45, 2.75) is 12.8 Å². The second-order valence-electron chi connectivity index (χ2n) is 5.67. The van der Waals surface area contributed by atoms with Crippen LogP contribution >= 0.6 is 0 Å². The first-order valence-electron chi connectivity index (χ1n) is 7.91. The minimum absolute atomic E-state index is 0.115. The molecule has 0 saturated carbocycles. The van der Waals surface area contributed by atoms with Crippen LogP contribution in [0.15, 0.2) is 42.7 Å². The summed E-state index contributed by atoms with van der Waals surface area (Å²) in [6, 6.07) is 8.17. The van der Waals surface area contributed by atoms with Crippen molar-refractivity contribution in [3.05, 3.63) is 48.3 Å². The van der Waals surface area contributed by atoms with Crippen LogP contribution in [-0.2, 0) is 10.0 Å². The van der Waals surface area contributed by atoms with Crippen LogP contribution in [-0.4, -0.2) is 38.7 Å². The van der Waals surface area contributed by atoms with Crippen LogP contribution < -0.4 is 14.4 Å². The number of sulfonamides is 1. The summed E-state index contributed by atoms with van der Waals surface area (Å²) in [6.45, 7) is 0.403. The molecule has 3 rings (SSSR count). The zero-order chi connectivity index (χ0) is 17.9. The minimum atomic E-state index is -3.37. The van der Waals surface area contributed by atoms with Crippen LogP contribution in [0.25, 0.3) is 0 Å². The summed E-state index contributed by atoms with van der Waals surface area (Å²) in [5, 5.41) is 2.77. The third-order valence-corrected chi connectivity index (χ3v) is 5.85. The van der Waals surface area contributed by atoms with Gasteiger partial charge in [0.05, 0.1) is 18.6 Å². The van der Waals surface area contributed by atoms with Gasteiger partial charge in [-0.25, -0.2) is 8.42 Å². The van der Waals surface area contributed by atoms with Gasteiger partial charge in [-0.15, -0.1) is 0 Å². The number of ether oxygens (including phenoxy) is 1. The van der Waals surface area contributed by atoms with Crippen molar-refractivity contribution < 1.29 is 17.9 Å². The van der Waals surface area contributed by atoms with Gasteiger partial charge in [-0.2, -0.15) is 0 Å². The number of carbonyl (C=O) groups excluding carboxylic acids is 1. The van der Waals surface area contributed by atoms with Crippen LogP contribution in [0.5, 0.6) is 5.75 Å². The molecule has 0 bridgehead atoms. The lowest BCUT2D eigenvalue weighted by molar-refractivity contribution is 0.102. The third kappa shape index (κ3) is 3.74. The third-order valence-electron chi connectivity index (χ3n) is 4.00. The lowest BCUT2D eigenvalue weighted by Gasteiger charge is -2.29. The fourth-order valence-electron chi connectivity index (χ4n) is 2.73. The van der Waals surface area contributed by atoms with Crippen molar-refractivity contribution in [3.8, 4) is 5.75 Å². The van der Waals surface area contributed by atoms with Gasteiger partial charge in [0, 0.05) is 30.2 Å². The van der Waals surface area contributed by atoms with E-state index in [-0.39, 0.29) is 11.7 Å². The van der Waals surface area contributed by atoms with Crippen LogP contribution in [0, 0.1) is 0 Å². The molecule has 25 heavy (non-hydrogen) atoms. The zero-order valence-corrected chi connectivity index (χ0v) is 14.6. The highest BCUT2D eigenvalue weighted by molar-refractivity contribution is 7.92. The number of amides is 1. The molecule has 0 unspecified atom stereocenters. The second kappa shape index (κ2) is 7.10. The number of anilines is 2. The van der Waals surface area contributed by atoms with Gasteiger partial charge >= 0.3 is 0 Å². The van der Waals surface area contributed by atoms with E-state index in [9.17, 15) is 13.2 Å². The lowest BCUT2D eigenvalue weighted by atomic mass is 10.2. The molecule has 8 heteroatoms. The summed E-state index contributed by atoms with van der Waals surface area (Å²) in [5.74, 6) is 0.274. The molecule has 0 radical (unpaired) electrons. The first-order valence-corrected chi connectivity index (χ1v) is 9.52. The average molecular weight is 361 g/mol. The van der Waals surface area contributed by atoms with Crippen molar-refractivity contribution in [2.24, 2.45) is 0 Å². The number of hydrogen-bond donors (Lipinski definition) is 1. The smallest absolute Gasteiger partial charge is 0.255 e. The van der Waals surface area contributed by atoms with E-state index < -0.39 is 10.0 Å². The predicted octanol–water partition coefficient (Wildman–Crippen LogP) is 2.27. The number of pyridine rings is 1. The van der Waals surface area contributed by atoms with Gasteiger partial charge < -0.3 is 10.1 Å². The van der Waals surface area contributed by atoms with E-state index in [0.717, 1.165) is 6.42 Å². The van der Waals surface area contributed by atoms with Gasteiger partial charge in [-0.1, -0.05) is 0 Å². The number of aromatic nitrogens is 1. The maximum absolute atomic E-state index is 12.4. The molecule has 0 spiro atoms. The predicted molar refractivity (Wildman–Crippen MR) is 95.6 cm³/mol. The van der Waals surface area contributed by atoms with Gasteiger partial charge in [0.25, 0.3) is 5.91 Å². The first-order chi connectivity index (χ1) is 12.0. The molecule has 0 aliphatic carbocycles. The maximum Gasteiger partial charge on any atom is 0.255 e. The number of nitrogens with one attached hydrogen (secondary N) is 1. The van der Waals surface area contributed by atoms with Crippen molar-refractivity contribution in [1.82, 2.24) is 4.98 Å². The van der Waals surface area contributed by atoms with Crippen molar-refractivity contribution in [1.29, 1.82) is 0 Å². The Morgan fingerprint density at radius 2 is 1.96 bits per heavy atom. The quantitative estimate of drug-likeness (QED) is 0.902. The van der Waals surface area contributed by atoms with E-state index in [0.29, 0.717) is 35.7 Å². The second-order valence-corrected chi connectivity index (χ2v) is 7.68. The summed E-state index contributed by atoms with van der Waals surface area (Å²) >= 11 is 0. The Labute approximate surface area is 146 Å². The highest BCUT2D eigenvalue weighted by Gasteiger charge is 2.28. The van der Waals surface area contributed by atoms with E-state index >= 15 is 0 Å². The molecule has 1 aromatic carbocycles. The molecular formula is C17H19N3O4S. The summed E-state index contributed by atoms with van der Waals surface area (Å²) in [7, 11) is -1.88. The molecule has 1 fully saturated rings. The molecule has 2 aromatic rings. The molecule has 1 aliphatic rings. The van der Waals surface area contributed by atoms with E-state index in [1.54, 1.807) is 30.3 Å². The fraction of sp³-hybridized carbons (Fsp3) is 0.294. The molecular weight excluding hydrogens is 342 g/mol. The summed E-state index contributed by atoms with van der Waals surface area (Å²) in [4.78, 5) is 16.2. The summed E-state index contributed by atoms with van der Waals surface area (Å²) < 4.78 is 31.4. The Balaban J connectivity index is 1.91. The van der Waals surface area contributed by atoms with Gasteiger partial charge in [0.15, 0.2) is 0 Å². The first kappa shape index (κ1) is 17.2. The Hall–Kier alpha value is -2.61. The molecule has 1 N–H and O–H groups in total. The van der Waals surface area contributed by atoms with E-state index in [4.69, 9.17) is 4.74 Å². The molecule has 1 aliphatic heterocycles. The number of hydrogen-bond acceptors (Lipinski definition) is 5. The van der Waals surface area contributed by atoms with E-state index in [1.807, 2.05) is 0 Å². The molecule has 132 valence electrons. The lowest BCUT2D eigenvalue weighted by Crippen LogP contribution is -2.38. The highest BCUT2D eigenvalue weighted by atomic mass is 32.2. The molecule has 1 amide bonds. The number of carbonyl (C=O) groups is 1. The van der Waals surface area contributed by atoms with Gasteiger partial charge in [0.1, 0.15) is 5.75 Å². The van der Waals surface area contributed by atoms with Crippen LogP contribution in [0.3, 0.4) is 0 Å². The molecule has 0 atom stereocenters. The molecule has 2 heterocycles. The summed E-state index contributed by atoms with van der Waals surface area (Å²) in [6.07, 6.45) is 4.51. The number of rotatable bonds is 4. The zero-order valence-electron chi connectivity index (χ0n) is 13.8. The number of nitrogens with zero attached hydrogens (tertiary/aromatic N) is 2. The fourth-order valence-corrected chi connectivity index (χ4v) is 4.37. The van der Waals surface area contributed by atoms with Gasteiger partial charge in [0.2, 0.25) is 10.0 Å². The van der Waals surface area contributed by atoms with Crippen LogP contribution in [0.2, 0.25) is 0 Å². The Morgan fingerprint density at radius 3 is 2.64 bits per heavy atom. The normalized spacial score (nSPS) is 16.3. The monoisotopic (exact) mass is 361 g/mol. The van der Waals surface area contributed by atoms with Gasteiger partial charge in [-0.3, -0.25) is 14.1 Å². The molecule has 1 saturated heterocycles. The van der Waals surface area contributed by atoms with E-state index in [1.165, 1.54) is 23.8 Å². The molecule has 7 nitrogen and oxygen atoms in total. The van der Waals surface area contributed by atoms with Crippen LogP contribution in [0.4, 0.5) is 11.4 Å². The Kier molecular flexibility index (Phi) is 4.89. The number of methoxy groups -OCH3 is 1. The molecule has 1 aromatic heterocycles. The topological polar surface area (TPSA) is 88.6 Å².